The zero-order chi connectivity index (χ0) is 14.8. The molecule has 0 radical (unpaired) electrons. The SMILES string of the molecule is COCCCNC(=O)CCSCc1ccc(Cl)c(Cl)c1. The first kappa shape index (κ1) is 17.6. The van der Waals surface area contributed by atoms with Gasteiger partial charge >= 0.3 is 0 Å². The summed E-state index contributed by atoms with van der Waals surface area (Å²) >= 11 is 13.5. The lowest BCUT2D eigenvalue weighted by Crippen LogP contribution is -2.25. The van der Waals surface area contributed by atoms with Crippen molar-refractivity contribution < 1.29 is 9.53 Å². The second-order valence-corrected chi connectivity index (χ2v) is 6.17. The van der Waals surface area contributed by atoms with E-state index in [-0.39, 0.29) is 5.91 Å². The van der Waals surface area contributed by atoms with Crippen LogP contribution in [-0.2, 0) is 15.3 Å². The zero-order valence-electron chi connectivity index (χ0n) is 11.5. The predicted molar refractivity (Wildman–Crippen MR) is 86.7 cm³/mol. The molecule has 1 amide bonds. The van der Waals surface area contributed by atoms with E-state index in [2.05, 4.69) is 5.32 Å². The molecule has 0 saturated carbocycles. The van der Waals surface area contributed by atoms with Crippen molar-refractivity contribution >= 4 is 40.9 Å². The van der Waals surface area contributed by atoms with E-state index in [0.29, 0.717) is 29.6 Å². The Morgan fingerprint density at radius 2 is 2.15 bits per heavy atom. The Kier molecular flexibility index (Phi) is 9.10. The predicted octanol–water partition coefficient (Wildman–Crippen LogP) is 3.77. The number of carbonyl (C=O) groups excluding carboxylic acids is 1. The highest BCUT2D eigenvalue weighted by Crippen LogP contribution is 2.24. The van der Waals surface area contributed by atoms with Crippen LogP contribution in [0.15, 0.2) is 18.2 Å². The van der Waals surface area contributed by atoms with Crippen molar-refractivity contribution in [3.8, 4) is 0 Å². The van der Waals surface area contributed by atoms with E-state index in [1.807, 2.05) is 12.1 Å². The Morgan fingerprint density at radius 3 is 2.85 bits per heavy atom. The van der Waals surface area contributed by atoms with Gasteiger partial charge in [-0.2, -0.15) is 11.8 Å². The van der Waals surface area contributed by atoms with Crippen LogP contribution >= 0.6 is 35.0 Å². The third-order valence-electron chi connectivity index (χ3n) is 2.57. The molecule has 0 fully saturated rings. The van der Waals surface area contributed by atoms with Gasteiger partial charge in [0.15, 0.2) is 0 Å². The normalized spacial score (nSPS) is 10.6. The van der Waals surface area contributed by atoms with Crippen molar-refractivity contribution in [2.45, 2.75) is 18.6 Å². The van der Waals surface area contributed by atoms with Crippen LogP contribution in [-0.4, -0.2) is 31.9 Å². The Hall–Kier alpha value is -0.420. The number of hydrogen-bond donors (Lipinski definition) is 1. The van der Waals surface area contributed by atoms with Crippen molar-refractivity contribution in [1.29, 1.82) is 0 Å². The van der Waals surface area contributed by atoms with Crippen LogP contribution in [0.5, 0.6) is 0 Å². The topological polar surface area (TPSA) is 38.3 Å². The molecule has 1 aromatic rings. The molecule has 0 aliphatic heterocycles. The molecule has 0 aromatic heterocycles. The van der Waals surface area contributed by atoms with Gasteiger partial charge in [-0.1, -0.05) is 29.3 Å². The Bertz CT molecular complexity index is 430. The summed E-state index contributed by atoms with van der Waals surface area (Å²) in [5.41, 5.74) is 1.12. The van der Waals surface area contributed by atoms with Gasteiger partial charge in [0.2, 0.25) is 5.91 Å². The summed E-state index contributed by atoms with van der Waals surface area (Å²) in [5, 5.41) is 4.00. The van der Waals surface area contributed by atoms with E-state index in [9.17, 15) is 4.79 Å². The molecule has 0 unspecified atom stereocenters. The number of benzene rings is 1. The molecule has 3 nitrogen and oxygen atoms in total. The average Bonchev–Trinajstić information content (AvgIpc) is 2.43. The molecule has 0 heterocycles. The molecule has 0 aliphatic rings. The van der Waals surface area contributed by atoms with Crippen LogP contribution in [0.25, 0.3) is 0 Å². The van der Waals surface area contributed by atoms with Crippen LogP contribution in [0.2, 0.25) is 10.0 Å². The first-order valence-electron chi connectivity index (χ1n) is 6.41. The van der Waals surface area contributed by atoms with Gasteiger partial charge in [-0.3, -0.25) is 4.79 Å². The van der Waals surface area contributed by atoms with Gasteiger partial charge in [0.25, 0.3) is 0 Å². The first-order valence-corrected chi connectivity index (χ1v) is 8.32. The number of ether oxygens (including phenoxy) is 1. The van der Waals surface area contributed by atoms with Gasteiger partial charge in [-0.05, 0) is 24.1 Å². The molecular weight excluding hydrogens is 317 g/mol. The summed E-state index contributed by atoms with van der Waals surface area (Å²) in [7, 11) is 1.65. The Labute approximate surface area is 134 Å². The summed E-state index contributed by atoms with van der Waals surface area (Å²) in [6.07, 6.45) is 1.37. The molecule has 0 atom stereocenters. The summed E-state index contributed by atoms with van der Waals surface area (Å²) in [6, 6.07) is 5.61. The average molecular weight is 336 g/mol. The fourth-order valence-electron chi connectivity index (χ4n) is 1.52. The lowest BCUT2D eigenvalue weighted by atomic mass is 10.2. The minimum atomic E-state index is 0.0859. The minimum Gasteiger partial charge on any atom is -0.385 e. The van der Waals surface area contributed by atoms with Gasteiger partial charge in [0, 0.05) is 38.2 Å². The number of carbonyl (C=O) groups is 1. The van der Waals surface area contributed by atoms with Crippen LogP contribution in [0.4, 0.5) is 0 Å². The van der Waals surface area contributed by atoms with E-state index in [4.69, 9.17) is 27.9 Å². The van der Waals surface area contributed by atoms with Gasteiger partial charge < -0.3 is 10.1 Å². The molecule has 1 rings (SSSR count). The highest BCUT2D eigenvalue weighted by molar-refractivity contribution is 7.98. The van der Waals surface area contributed by atoms with E-state index in [0.717, 1.165) is 23.5 Å². The maximum Gasteiger partial charge on any atom is 0.220 e. The van der Waals surface area contributed by atoms with Crippen molar-refractivity contribution in [1.82, 2.24) is 5.32 Å². The van der Waals surface area contributed by atoms with Gasteiger partial charge in [0.05, 0.1) is 10.0 Å². The first-order chi connectivity index (χ1) is 9.63. The van der Waals surface area contributed by atoms with Crippen molar-refractivity contribution in [2.24, 2.45) is 0 Å². The maximum absolute atomic E-state index is 11.5. The van der Waals surface area contributed by atoms with Crippen LogP contribution < -0.4 is 5.32 Å². The summed E-state index contributed by atoms with van der Waals surface area (Å²) < 4.78 is 4.91. The fourth-order valence-corrected chi connectivity index (χ4v) is 2.73. The number of amides is 1. The van der Waals surface area contributed by atoms with Crippen molar-refractivity contribution in [3.63, 3.8) is 0 Å². The number of methoxy groups -OCH3 is 1. The van der Waals surface area contributed by atoms with E-state index < -0.39 is 0 Å². The molecule has 1 N–H and O–H groups in total. The summed E-state index contributed by atoms with van der Waals surface area (Å²) in [6.45, 7) is 1.34. The molecule has 0 spiro atoms. The zero-order valence-corrected chi connectivity index (χ0v) is 13.8. The molecule has 0 saturated heterocycles. The molecule has 112 valence electrons. The van der Waals surface area contributed by atoms with E-state index >= 15 is 0 Å². The third-order valence-corrected chi connectivity index (χ3v) is 4.34. The monoisotopic (exact) mass is 335 g/mol. The summed E-state index contributed by atoms with van der Waals surface area (Å²) in [4.78, 5) is 11.5. The highest BCUT2D eigenvalue weighted by Gasteiger charge is 2.02. The number of halogens is 2. The van der Waals surface area contributed by atoms with Crippen molar-refractivity contribution in [2.75, 3.05) is 26.0 Å². The number of rotatable bonds is 9. The Morgan fingerprint density at radius 1 is 1.35 bits per heavy atom. The molecule has 1 aromatic carbocycles. The Balaban J connectivity index is 2.12. The van der Waals surface area contributed by atoms with E-state index in [1.165, 1.54) is 0 Å². The fraction of sp³-hybridized carbons (Fsp3) is 0.500. The van der Waals surface area contributed by atoms with Gasteiger partial charge in [-0.25, -0.2) is 0 Å². The van der Waals surface area contributed by atoms with Gasteiger partial charge in [-0.15, -0.1) is 0 Å². The second-order valence-electron chi connectivity index (χ2n) is 4.25. The highest BCUT2D eigenvalue weighted by atomic mass is 35.5. The standard InChI is InChI=1S/C14H19Cl2NO2S/c1-19-7-2-6-17-14(18)5-8-20-10-11-3-4-12(15)13(16)9-11/h3-4,9H,2,5-8,10H2,1H3,(H,17,18). The maximum atomic E-state index is 11.5. The van der Waals surface area contributed by atoms with Crippen molar-refractivity contribution in [3.05, 3.63) is 33.8 Å². The summed E-state index contributed by atoms with van der Waals surface area (Å²) in [5.74, 6) is 1.70. The molecule has 20 heavy (non-hydrogen) atoms. The number of hydrogen-bond acceptors (Lipinski definition) is 3. The van der Waals surface area contributed by atoms with Crippen LogP contribution in [0.1, 0.15) is 18.4 Å². The van der Waals surface area contributed by atoms with Gasteiger partial charge in [0.1, 0.15) is 0 Å². The minimum absolute atomic E-state index is 0.0859. The van der Waals surface area contributed by atoms with E-state index in [1.54, 1.807) is 24.9 Å². The van der Waals surface area contributed by atoms with Crippen LogP contribution in [0, 0.1) is 0 Å². The van der Waals surface area contributed by atoms with Crippen LogP contribution in [0.3, 0.4) is 0 Å². The molecule has 0 bridgehead atoms. The lowest BCUT2D eigenvalue weighted by Gasteiger charge is -2.05. The largest absolute Gasteiger partial charge is 0.385 e. The molecular formula is C14H19Cl2NO2S. The quantitative estimate of drug-likeness (QED) is 0.698. The second kappa shape index (κ2) is 10.3. The smallest absolute Gasteiger partial charge is 0.220 e. The molecule has 0 aliphatic carbocycles. The third kappa shape index (κ3) is 7.39. The number of thioether (sulfide) groups is 1. The number of nitrogens with one attached hydrogen (secondary N) is 1. The lowest BCUT2D eigenvalue weighted by molar-refractivity contribution is -0.120. The molecule has 6 heteroatoms.